The number of nitrogens with zero attached hydrogens (tertiary/aromatic N) is 4. The molecule has 152 valence electrons. The second-order valence-corrected chi connectivity index (χ2v) is 7.83. The molecule has 1 aromatic rings. The molecule has 7 nitrogen and oxygen atoms in total. The lowest BCUT2D eigenvalue weighted by Crippen LogP contribution is -2.45. The van der Waals surface area contributed by atoms with Gasteiger partial charge in [0.2, 0.25) is 0 Å². The Morgan fingerprint density at radius 2 is 2.14 bits per heavy atom. The van der Waals surface area contributed by atoms with Crippen molar-refractivity contribution in [1.82, 2.24) is 9.80 Å². The van der Waals surface area contributed by atoms with E-state index in [1.54, 1.807) is 38.1 Å². The fourth-order valence-electron chi connectivity index (χ4n) is 3.99. The zero-order valence-corrected chi connectivity index (χ0v) is 17.2. The highest BCUT2D eigenvalue weighted by Gasteiger charge is 2.46. The van der Waals surface area contributed by atoms with E-state index >= 15 is 0 Å². The Morgan fingerprint density at radius 1 is 1.39 bits per heavy atom. The number of anilines is 1. The predicted octanol–water partition coefficient (Wildman–Crippen LogP) is 1.96. The minimum Gasteiger partial charge on any atom is -0.374 e. The van der Waals surface area contributed by atoms with Gasteiger partial charge in [-0.05, 0) is 64.4 Å². The van der Waals surface area contributed by atoms with Gasteiger partial charge in [-0.1, -0.05) is 13.0 Å². The van der Waals surface area contributed by atoms with Gasteiger partial charge in [-0.15, -0.1) is 0 Å². The third-order valence-electron chi connectivity index (χ3n) is 5.88. The Labute approximate surface area is 166 Å². The normalized spacial score (nSPS) is 25.3. The van der Waals surface area contributed by atoms with Crippen LogP contribution in [0.4, 0.5) is 5.69 Å². The molecule has 0 unspecified atom stereocenters. The third-order valence-corrected chi connectivity index (χ3v) is 5.88. The molecule has 0 aliphatic carbocycles. The summed E-state index contributed by atoms with van der Waals surface area (Å²) in [5.41, 5.74) is -0.170. The van der Waals surface area contributed by atoms with Crippen molar-refractivity contribution in [3.8, 4) is 0 Å². The molecule has 3 rings (SSSR count). The van der Waals surface area contributed by atoms with Crippen molar-refractivity contribution in [2.75, 3.05) is 38.2 Å². The highest BCUT2D eigenvalue weighted by atomic mass is 16.3. The first-order valence-corrected chi connectivity index (χ1v) is 10.0. The van der Waals surface area contributed by atoms with Gasteiger partial charge in [-0.3, -0.25) is 9.59 Å². The van der Waals surface area contributed by atoms with Crippen LogP contribution in [-0.2, 0) is 4.79 Å². The summed E-state index contributed by atoms with van der Waals surface area (Å²) in [5, 5.41) is 16.0. The van der Waals surface area contributed by atoms with Crippen molar-refractivity contribution in [3.63, 3.8) is 0 Å². The Kier molecular flexibility index (Phi) is 5.86. The first kappa shape index (κ1) is 20.5. The first-order valence-electron chi connectivity index (χ1n) is 10.0. The summed E-state index contributed by atoms with van der Waals surface area (Å²) in [4.78, 5) is 29.9. The summed E-state index contributed by atoms with van der Waals surface area (Å²) in [6, 6.07) is 6.93. The number of hydrogen-bond acceptors (Lipinski definition) is 5. The van der Waals surface area contributed by atoms with Crippen LogP contribution >= 0.6 is 0 Å². The molecule has 1 saturated heterocycles. The van der Waals surface area contributed by atoms with Crippen LogP contribution in [0.2, 0.25) is 0 Å². The summed E-state index contributed by atoms with van der Waals surface area (Å²) in [7, 11) is 2.11. The monoisotopic (exact) mass is 386 g/mol. The minimum absolute atomic E-state index is 0.0444. The Balaban J connectivity index is 1.79. The van der Waals surface area contributed by atoms with Gasteiger partial charge in [0.25, 0.3) is 11.8 Å². The van der Waals surface area contributed by atoms with Gasteiger partial charge in [0.05, 0.1) is 11.4 Å². The molecule has 2 atom stereocenters. The molecular weight excluding hydrogens is 356 g/mol. The van der Waals surface area contributed by atoms with Crippen LogP contribution < -0.4 is 5.01 Å². The van der Waals surface area contributed by atoms with Gasteiger partial charge in [0.15, 0.2) is 5.60 Å². The Hall–Kier alpha value is -2.25. The lowest BCUT2D eigenvalue weighted by Gasteiger charge is -2.25. The van der Waals surface area contributed by atoms with E-state index in [0.29, 0.717) is 29.4 Å². The maximum Gasteiger partial charge on any atom is 0.285 e. The summed E-state index contributed by atoms with van der Waals surface area (Å²) in [6.07, 6.45) is 1.36. The van der Waals surface area contributed by atoms with Crippen LogP contribution in [-0.4, -0.2) is 71.3 Å². The summed E-state index contributed by atoms with van der Waals surface area (Å²) in [6.45, 7) is 8.84. The molecule has 2 heterocycles. The van der Waals surface area contributed by atoms with E-state index in [1.807, 2.05) is 11.8 Å². The van der Waals surface area contributed by atoms with Crippen molar-refractivity contribution in [2.24, 2.45) is 11.0 Å². The van der Waals surface area contributed by atoms with Crippen LogP contribution in [0, 0.1) is 5.92 Å². The molecule has 0 saturated carbocycles. The van der Waals surface area contributed by atoms with E-state index in [-0.39, 0.29) is 12.3 Å². The zero-order chi connectivity index (χ0) is 20.5. The van der Waals surface area contributed by atoms with Crippen LogP contribution in [0.3, 0.4) is 0 Å². The number of aliphatic hydroxyl groups is 1. The second-order valence-electron chi connectivity index (χ2n) is 7.83. The molecule has 1 fully saturated rings. The summed E-state index contributed by atoms with van der Waals surface area (Å²) < 4.78 is 0. The third kappa shape index (κ3) is 3.69. The number of hydrogen-bond donors (Lipinski definition) is 1. The topological polar surface area (TPSA) is 76.4 Å². The quantitative estimate of drug-likeness (QED) is 0.811. The number of carbonyl (C=O) groups excluding carboxylic acids is 2. The lowest BCUT2D eigenvalue weighted by molar-refractivity contribution is -0.129. The number of benzene rings is 1. The van der Waals surface area contributed by atoms with Crippen LogP contribution in [0.1, 0.15) is 44.0 Å². The van der Waals surface area contributed by atoms with Gasteiger partial charge in [-0.2, -0.15) is 10.1 Å². The van der Waals surface area contributed by atoms with E-state index < -0.39 is 11.5 Å². The van der Waals surface area contributed by atoms with Gasteiger partial charge < -0.3 is 14.9 Å². The highest BCUT2D eigenvalue weighted by Crippen LogP contribution is 2.29. The van der Waals surface area contributed by atoms with Crippen molar-refractivity contribution >= 4 is 23.2 Å². The van der Waals surface area contributed by atoms with Gasteiger partial charge in [0.1, 0.15) is 0 Å². The smallest absolute Gasteiger partial charge is 0.285 e. The van der Waals surface area contributed by atoms with E-state index in [1.165, 1.54) is 5.01 Å². The Bertz CT molecular complexity index is 794. The first-order chi connectivity index (χ1) is 13.3. The predicted molar refractivity (Wildman–Crippen MR) is 109 cm³/mol. The zero-order valence-electron chi connectivity index (χ0n) is 17.2. The molecule has 2 aliphatic heterocycles. The maximum absolute atomic E-state index is 13.1. The largest absolute Gasteiger partial charge is 0.374 e. The lowest BCUT2D eigenvalue weighted by atomic mass is 9.95. The molecular formula is C21H30N4O3. The number of carbonyl (C=O) groups is 2. The van der Waals surface area contributed by atoms with Gasteiger partial charge >= 0.3 is 0 Å². The molecule has 0 spiro atoms. The average Bonchev–Trinajstić information content (AvgIpc) is 3.21. The van der Waals surface area contributed by atoms with Crippen LogP contribution in [0.25, 0.3) is 0 Å². The van der Waals surface area contributed by atoms with E-state index in [0.717, 1.165) is 26.1 Å². The molecule has 2 aliphatic rings. The molecule has 1 N–H and O–H groups in total. The second kappa shape index (κ2) is 8.01. The highest BCUT2D eigenvalue weighted by molar-refractivity contribution is 6.21. The van der Waals surface area contributed by atoms with E-state index in [4.69, 9.17) is 0 Å². The minimum atomic E-state index is -1.57. The van der Waals surface area contributed by atoms with E-state index in [2.05, 4.69) is 17.0 Å². The fourth-order valence-corrected chi connectivity index (χ4v) is 3.99. The molecule has 0 aromatic heterocycles. The van der Waals surface area contributed by atoms with E-state index in [9.17, 15) is 14.7 Å². The number of amides is 2. The van der Waals surface area contributed by atoms with Crippen molar-refractivity contribution < 1.29 is 14.7 Å². The molecule has 7 heteroatoms. The van der Waals surface area contributed by atoms with Gasteiger partial charge in [0, 0.05) is 25.2 Å². The van der Waals surface area contributed by atoms with Crippen molar-refractivity contribution in [1.29, 1.82) is 0 Å². The standard InChI is InChI=1S/C21H30N4O3/c1-5-21(28)15(3)22-25(20(21)27)18-9-7-8-17(12-18)19(26)24(6-2)14-16-10-11-23(4)13-16/h7-9,12,16,28H,5-6,10-11,13-14H2,1-4H3/t16-,21-/m1/s1. The fraction of sp³-hybridized carbons (Fsp3) is 0.571. The van der Waals surface area contributed by atoms with Crippen molar-refractivity contribution in [3.05, 3.63) is 29.8 Å². The molecule has 0 bridgehead atoms. The van der Waals surface area contributed by atoms with Crippen molar-refractivity contribution in [2.45, 2.75) is 39.2 Å². The molecule has 0 radical (unpaired) electrons. The number of rotatable bonds is 6. The molecule has 28 heavy (non-hydrogen) atoms. The summed E-state index contributed by atoms with van der Waals surface area (Å²) >= 11 is 0. The average molecular weight is 386 g/mol. The van der Waals surface area contributed by atoms with Crippen LogP contribution in [0.15, 0.2) is 29.4 Å². The van der Waals surface area contributed by atoms with Crippen LogP contribution in [0.5, 0.6) is 0 Å². The summed E-state index contributed by atoms with van der Waals surface area (Å²) in [5.74, 6) is -0.0282. The number of likely N-dealkylation sites (tertiary alicyclic amines) is 1. The maximum atomic E-state index is 13.1. The van der Waals surface area contributed by atoms with Gasteiger partial charge in [-0.25, -0.2) is 0 Å². The molecule has 1 aromatic carbocycles. The molecule has 2 amide bonds. The SMILES string of the molecule is CCN(C[C@@H]1CCN(C)C1)C(=O)c1cccc(N2N=C(C)[C@](O)(CC)C2=O)c1. The number of hydrazone groups is 1. The Morgan fingerprint density at radius 3 is 2.71 bits per heavy atom.